The summed E-state index contributed by atoms with van der Waals surface area (Å²) in [4.78, 5) is 0. The van der Waals surface area contributed by atoms with Crippen molar-refractivity contribution >= 4 is 12.0 Å². The predicted molar refractivity (Wildman–Crippen MR) is 30.3 cm³/mol. The molecule has 1 nitrogen and oxygen atoms in total. The molecule has 0 aliphatic carbocycles. The van der Waals surface area contributed by atoms with Crippen LogP contribution in [0, 0.1) is 0 Å². The van der Waals surface area contributed by atoms with Crippen LogP contribution in [0.1, 0.15) is 13.3 Å². The fraction of sp³-hybridized carbons (Fsp3) is 1.00. The summed E-state index contributed by atoms with van der Waals surface area (Å²) >= 11 is 0.690. The van der Waals surface area contributed by atoms with Crippen molar-refractivity contribution in [1.29, 1.82) is 0 Å². The Balaban J connectivity index is 2.68. The molecule has 0 aliphatic rings. The van der Waals surface area contributed by atoms with Crippen LogP contribution in [-0.4, -0.2) is 16.5 Å². The van der Waals surface area contributed by atoms with Crippen molar-refractivity contribution in [3.63, 3.8) is 0 Å². The maximum absolute atomic E-state index is 11.8. The van der Waals surface area contributed by atoms with Gasteiger partial charge in [-0.25, -0.2) is 4.39 Å². The van der Waals surface area contributed by atoms with Crippen LogP contribution >= 0.6 is 12.0 Å². The van der Waals surface area contributed by atoms with Gasteiger partial charge in [-0.05, 0) is 25.4 Å². The van der Waals surface area contributed by atoms with Crippen LogP contribution in [0.2, 0.25) is 0 Å². The molecule has 44 valence electrons. The molecule has 0 saturated carbocycles. The van der Waals surface area contributed by atoms with Gasteiger partial charge >= 0.3 is 0 Å². The van der Waals surface area contributed by atoms with Gasteiger partial charge in [0.1, 0.15) is 0 Å². The maximum Gasteiger partial charge on any atom is 0.0982 e. The molecule has 0 aliphatic heterocycles. The second kappa shape index (κ2) is 4.40. The highest BCUT2D eigenvalue weighted by molar-refractivity contribution is 7.93. The molecule has 1 atom stereocenters. The molecule has 0 fully saturated rings. The van der Waals surface area contributed by atoms with Crippen molar-refractivity contribution < 1.29 is 8.94 Å². The number of hydrogen-bond acceptors (Lipinski definition) is 2. The van der Waals surface area contributed by atoms with E-state index in [-0.39, 0.29) is 0 Å². The second-order valence-corrected chi connectivity index (χ2v) is 2.07. The Morgan fingerprint density at radius 2 is 2.43 bits per heavy atom. The van der Waals surface area contributed by atoms with Crippen molar-refractivity contribution in [2.24, 2.45) is 0 Å². The Morgan fingerprint density at radius 1 is 1.86 bits per heavy atom. The van der Waals surface area contributed by atoms with Crippen LogP contribution in [0.3, 0.4) is 0 Å². The third-order valence-corrected chi connectivity index (χ3v) is 1.03. The second-order valence-electron chi connectivity index (χ2n) is 1.40. The first kappa shape index (κ1) is 7.24. The summed E-state index contributed by atoms with van der Waals surface area (Å²) in [7, 11) is 0. The van der Waals surface area contributed by atoms with E-state index in [0.717, 1.165) is 0 Å². The van der Waals surface area contributed by atoms with E-state index in [2.05, 4.69) is 0 Å². The molecule has 0 amide bonds. The first-order valence-corrected chi connectivity index (χ1v) is 3.12. The minimum Gasteiger partial charge on any atom is -0.330 e. The minimum absolute atomic E-state index is 0.446. The summed E-state index contributed by atoms with van der Waals surface area (Å²) < 4.78 is 19.8. The van der Waals surface area contributed by atoms with Crippen LogP contribution in [0.5, 0.6) is 0 Å². The van der Waals surface area contributed by atoms with Gasteiger partial charge in [0.25, 0.3) is 0 Å². The lowest BCUT2D eigenvalue weighted by molar-refractivity contribution is 0.353. The van der Waals surface area contributed by atoms with Crippen LogP contribution in [-0.2, 0) is 0 Å². The molecule has 1 N–H and O–H groups in total. The third-order valence-electron chi connectivity index (χ3n) is 0.607. The van der Waals surface area contributed by atoms with Crippen molar-refractivity contribution in [1.82, 2.24) is 0 Å². The summed E-state index contributed by atoms with van der Waals surface area (Å²) in [5.74, 6) is 0.498. The van der Waals surface area contributed by atoms with E-state index in [9.17, 15) is 4.39 Å². The maximum atomic E-state index is 11.8. The van der Waals surface area contributed by atoms with Gasteiger partial charge in [0.15, 0.2) is 0 Å². The molecule has 1 unspecified atom stereocenters. The van der Waals surface area contributed by atoms with E-state index in [1.807, 2.05) is 0 Å². The zero-order valence-corrected chi connectivity index (χ0v) is 5.04. The Kier molecular flexibility index (Phi) is 4.55. The molecule has 0 bridgehead atoms. The molecule has 3 heteroatoms. The number of rotatable bonds is 3. The first-order valence-electron chi connectivity index (χ1n) is 2.18. The van der Waals surface area contributed by atoms with Gasteiger partial charge in [-0.15, -0.1) is 0 Å². The molecule has 0 radical (unpaired) electrons. The lowest BCUT2D eigenvalue weighted by Gasteiger charge is -1.94. The average molecular weight is 124 g/mol. The molecule has 7 heavy (non-hydrogen) atoms. The molecule has 0 aromatic heterocycles. The summed E-state index contributed by atoms with van der Waals surface area (Å²) in [5.41, 5.74) is 0. The van der Waals surface area contributed by atoms with Gasteiger partial charge in [0.05, 0.1) is 6.17 Å². The highest BCUT2D eigenvalue weighted by Crippen LogP contribution is 2.01. The summed E-state index contributed by atoms with van der Waals surface area (Å²) in [6, 6.07) is 0. The summed E-state index contributed by atoms with van der Waals surface area (Å²) in [5, 5.41) is 0. The van der Waals surface area contributed by atoms with Gasteiger partial charge in [-0.3, -0.25) is 0 Å². The monoisotopic (exact) mass is 124 g/mol. The minimum atomic E-state index is -0.778. The van der Waals surface area contributed by atoms with Gasteiger partial charge in [0.2, 0.25) is 0 Å². The largest absolute Gasteiger partial charge is 0.330 e. The van der Waals surface area contributed by atoms with Gasteiger partial charge < -0.3 is 4.55 Å². The van der Waals surface area contributed by atoms with E-state index >= 15 is 0 Å². The summed E-state index contributed by atoms with van der Waals surface area (Å²) in [6.45, 7) is 1.48. The molecule has 0 aromatic rings. The van der Waals surface area contributed by atoms with Crippen molar-refractivity contribution in [3.8, 4) is 0 Å². The topological polar surface area (TPSA) is 20.2 Å². The van der Waals surface area contributed by atoms with Gasteiger partial charge in [0, 0.05) is 5.75 Å². The molecular weight excluding hydrogens is 115 g/mol. The van der Waals surface area contributed by atoms with Crippen LogP contribution in [0.25, 0.3) is 0 Å². The van der Waals surface area contributed by atoms with E-state index in [1.54, 1.807) is 0 Å². The zero-order chi connectivity index (χ0) is 5.70. The Morgan fingerprint density at radius 3 is 2.57 bits per heavy atom. The van der Waals surface area contributed by atoms with E-state index in [1.165, 1.54) is 6.92 Å². The third kappa shape index (κ3) is 6.24. The Labute approximate surface area is 47.1 Å². The quantitative estimate of drug-likeness (QED) is 0.580. The molecule has 0 spiro atoms. The molecule has 0 aromatic carbocycles. The van der Waals surface area contributed by atoms with Gasteiger partial charge in [-0.1, -0.05) is 0 Å². The first-order chi connectivity index (χ1) is 3.27. The fourth-order valence-corrected chi connectivity index (χ4v) is 0.645. The molecule has 0 heterocycles. The SMILES string of the molecule is CC(F)CCSO. The smallest absolute Gasteiger partial charge is 0.0982 e. The molecule has 0 saturated heterocycles. The predicted octanol–water partition coefficient (Wildman–Crippen LogP) is 1.94. The number of hydrogen-bond donors (Lipinski definition) is 1. The van der Waals surface area contributed by atoms with Crippen molar-refractivity contribution in [2.45, 2.75) is 19.5 Å². The highest BCUT2D eigenvalue weighted by Gasteiger charge is 1.94. The van der Waals surface area contributed by atoms with Crippen LogP contribution in [0.15, 0.2) is 0 Å². The normalized spacial score (nSPS) is 14.1. The van der Waals surface area contributed by atoms with E-state index in [0.29, 0.717) is 24.2 Å². The highest BCUT2D eigenvalue weighted by atomic mass is 32.2. The van der Waals surface area contributed by atoms with E-state index < -0.39 is 6.17 Å². The summed E-state index contributed by atoms with van der Waals surface area (Å²) in [6.07, 6.45) is -0.333. The number of halogens is 1. The van der Waals surface area contributed by atoms with Crippen LogP contribution < -0.4 is 0 Å². The Hall–Kier alpha value is 0.240. The Bertz CT molecular complexity index is 40.7. The van der Waals surface area contributed by atoms with E-state index in [4.69, 9.17) is 4.55 Å². The average Bonchev–Trinajstić information content (AvgIpc) is 1.61. The fourth-order valence-electron chi connectivity index (χ4n) is 0.215. The van der Waals surface area contributed by atoms with Crippen molar-refractivity contribution in [2.75, 3.05) is 5.75 Å². The lowest BCUT2D eigenvalue weighted by atomic mass is 10.3. The number of alkyl halides is 1. The standard InChI is InChI=1S/C4H9FOS/c1-4(5)2-3-7-6/h4,6H,2-3H2,1H3. The van der Waals surface area contributed by atoms with Gasteiger partial charge in [-0.2, -0.15) is 0 Å². The molecular formula is C4H9FOS. The van der Waals surface area contributed by atoms with Crippen LogP contribution in [0.4, 0.5) is 4.39 Å². The lowest BCUT2D eigenvalue weighted by Crippen LogP contribution is -1.92. The zero-order valence-electron chi connectivity index (χ0n) is 4.22. The van der Waals surface area contributed by atoms with Crippen molar-refractivity contribution in [3.05, 3.63) is 0 Å². The molecule has 0 rings (SSSR count).